The first-order chi connectivity index (χ1) is 39.4. The minimum Gasteiger partial charge on any atom is -0.455 e. The summed E-state index contributed by atoms with van der Waals surface area (Å²) in [6.07, 6.45) is 0. The minimum atomic E-state index is -0.129. The lowest BCUT2D eigenvalue weighted by Crippen LogP contribution is -2.16. The fraction of sp³-hybridized carbons (Fsp3) is 0.0390. The molecule has 14 aromatic rings. The summed E-state index contributed by atoms with van der Waals surface area (Å²) in [5.41, 5.74) is 22.6. The molecule has 3 heteroatoms. The van der Waals surface area contributed by atoms with Crippen LogP contribution in [0.3, 0.4) is 0 Å². The molecular weight excluding hydrogens is 969 g/mol. The summed E-state index contributed by atoms with van der Waals surface area (Å²) in [4.78, 5) is 4.75. The van der Waals surface area contributed by atoms with Gasteiger partial charge in [-0.3, -0.25) is 0 Å². The average molecular weight is 1020 g/mol. The highest BCUT2D eigenvalue weighted by atomic mass is 16.3. The Hall–Kier alpha value is -10.2. The molecule has 15 rings (SSSR count). The van der Waals surface area contributed by atoms with Crippen molar-refractivity contribution >= 4 is 77.6 Å². The first-order valence-electron chi connectivity index (χ1n) is 27.6. The lowest BCUT2D eigenvalue weighted by Gasteiger charge is -2.28. The second-order valence-corrected chi connectivity index (χ2v) is 21.6. The maximum Gasteiger partial charge on any atom is 0.143 e. The summed E-state index contributed by atoms with van der Waals surface area (Å²) in [5.74, 6) is 0. The van der Waals surface area contributed by atoms with Crippen LogP contribution in [0, 0.1) is 0 Å². The Morgan fingerprint density at radius 2 is 0.637 bits per heavy atom. The van der Waals surface area contributed by atoms with Crippen molar-refractivity contribution in [1.29, 1.82) is 0 Å². The molecule has 1 aliphatic rings. The zero-order chi connectivity index (χ0) is 53.3. The van der Waals surface area contributed by atoms with Gasteiger partial charge in [-0.1, -0.05) is 232 Å². The lowest BCUT2D eigenvalue weighted by atomic mass is 9.82. The predicted molar refractivity (Wildman–Crippen MR) is 337 cm³/mol. The molecule has 1 heterocycles. The number of rotatable bonds is 10. The van der Waals surface area contributed by atoms with E-state index in [-0.39, 0.29) is 5.41 Å². The third-order valence-electron chi connectivity index (χ3n) is 16.7. The Bertz CT molecular complexity index is 4640. The molecule has 0 bridgehead atoms. The van der Waals surface area contributed by atoms with Gasteiger partial charge in [0.05, 0.1) is 0 Å². The highest BCUT2D eigenvalue weighted by Crippen LogP contribution is 2.51. The van der Waals surface area contributed by atoms with Crippen molar-refractivity contribution < 1.29 is 4.42 Å². The van der Waals surface area contributed by atoms with Gasteiger partial charge in [0.15, 0.2) is 0 Å². The summed E-state index contributed by atoms with van der Waals surface area (Å²) in [7, 11) is 0. The molecule has 3 nitrogen and oxygen atoms in total. The van der Waals surface area contributed by atoms with E-state index < -0.39 is 0 Å². The molecule has 1 aliphatic carbocycles. The quantitative estimate of drug-likeness (QED) is 0.127. The number of nitrogens with zero attached hydrogens (tertiary/aromatic N) is 2. The number of fused-ring (bicyclic) bond motifs is 9. The topological polar surface area (TPSA) is 19.6 Å². The highest BCUT2D eigenvalue weighted by Gasteiger charge is 2.36. The molecule has 0 aliphatic heterocycles. The lowest BCUT2D eigenvalue weighted by molar-refractivity contribution is 0.660. The van der Waals surface area contributed by atoms with Crippen molar-refractivity contribution in [1.82, 2.24) is 0 Å². The molecule has 1 aromatic heterocycles. The van der Waals surface area contributed by atoms with E-state index in [2.05, 4.69) is 315 Å². The molecule has 0 atom stereocenters. The normalized spacial score (nSPS) is 12.5. The summed E-state index contributed by atoms with van der Waals surface area (Å²) in [6, 6.07) is 106. The van der Waals surface area contributed by atoms with E-state index in [1.54, 1.807) is 0 Å². The van der Waals surface area contributed by atoms with E-state index >= 15 is 0 Å². The molecule has 0 radical (unpaired) electrons. The molecule has 80 heavy (non-hydrogen) atoms. The van der Waals surface area contributed by atoms with Gasteiger partial charge in [0.25, 0.3) is 0 Å². The summed E-state index contributed by atoms with van der Waals surface area (Å²) in [5, 5.41) is 7.14. The minimum absolute atomic E-state index is 0.129. The SMILES string of the molecule is CC1(C)c2ccccc2-c2ccc(N(c3ccc(-c4ccccc4)cc3)c3ccc(-c4cccc5c4oc4c(-c6ccc(N(c7ccc(-c8ccccc8)cc7)c7ccc8c(ccc9ccccc98)c7)cc6)cccc45)cc3)cc21. The van der Waals surface area contributed by atoms with Crippen LogP contribution < -0.4 is 9.80 Å². The van der Waals surface area contributed by atoms with Gasteiger partial charge in [-0.15, -0.1) is 0 Å². The fourth-order valence-electron chi connectivity index (χ4n) is 12.6. The largest absolute Gasteiger partial charge is 0.455 e. The van der Waals surface area contributed by atoms with Crippen LogP contribution in [-0.2, 0) is 5.41 Å². The van der Waals surface area contributed by atoms with Gasteiger partial charge in [-0.25, -0.2) is 0 Å². The molecule has 0 fully saturated rings. The van der Waals surface area contributed by atoms with Gasteiger partial charge in [0.2, 0.25) is 0 Å². The zero-order valence-electron chi connectivity index (χ0n) is 44.5. The predicted octanol–water partition coefficient (Wildman–Crippen LogP) is 21.8. The van der Waals surface area contributed by atoms with Crippen LogP contribution >= 0.6 is 0 Å². The monoisotopic (exact) mass is 1020 g/mol. The number of anilines is 6. The van der Waals surface area contributed by atoms with Crippen LogP contribution in [0.15, 0.2) is 296 Å². The van der Waals surface area contributed by atoms with Gasteiger partial charge < -0.3 is 14.2 Å². The third-order valence-corrected chi connectivity index (χ3v) is 16.7. The molecule has 0 spiro atoms. The Kier molecular flexibility index (Phi) is 11.2. The van der Waals surface area contributed by atoms with Gasteiger partial charge in [-0.2, -0.15) is 0 Å². The van der Waals surface area contributed by atoms with Crippen molar-refractivity contribution in [2.24, 2.45) is 0 Å². The molecule has 0 unspecified atom stereocenters. The van der Waals surface area contributed by atoms with Crippen LogP contribution in [0.1, 0.15) is 25.0 Å². The van der Waals surface area contributed by atoms with Crippen LogP contribution in [0.2, 0.25) is 0 Å². The number of hydrogen-bond donors (Lipinski definition) is 0. The van der Waals surface area contributed by atoms with E-state index in [4.69, 9.17) is 4.42 Å². The molecule has 0 saturated carbocycles. The van der Waals surface area contributed by atoms with Crippen molar-refractivity contribution in [3.8, 4) is 55.6 Å². The second-order valence-electron chi connectivity index (χ2n) is 21.6. The van der Waals surface area contributed by atoms with Crippen molar-refractivity contribution in [2.45, 2.75) is 19.3 Å². The van der Waals surface area contributed by atoms with E-state index in [1.165, 1.54) is 66.1 Å². The molecule has 13 aromatic carbocycles. The summed E-state index contributed by atoms with van der Waals surface area (Å²) >= 11 is 0. The molecular formula is C77H54N2O. The van der Waals surface area contributed by atoms with Gasteiger partial charge in [0, 0.05) is 61.4 Å². The number of hydrogen-bond acceptors (Lipinski definition) is 3. The Morgan fingerprint density at radius 3 is 1.20 bits per heavy atom. The fourth-order valence-corrected chi connectivity index (χ4v) is 12.6. The molecule has 0 saturated heterocycles. The third kappa shape index (κ3) is 7.97. The van der Waals surface area contributed by atoms with E-state index in [0.29, 0.717) is 0 Å². The summed E-state index contributed by atoms with van der Waals surface area (Å²) in [6.45, 7) is 4.70. The first kappa shape index (κ1) is 47.0. The van der Waals surface area contributed by atoms with E-state index in [0.717, 1.165) is 78.3 Å². The number of benzene rings is 13. The van der Waals surface area contributed by atoms with Crippen LogP contribution in [0.25, 0.3) is 99.1 Å². The maximum absolute atomic E-state index is 7.09. The standard InChI is InChI=1S/C77H54N2O/c1-77(2)73-26-12-11-21-69(73)70-48-46-64(50-74(70)77)79(60-39-31-54(32-40-60)52-17-7-4-8-18-52)62-43-35-57(36-44-62)68-23-14-25-72-71-24-13-22-67(75(71)80-76(68)72)56-33-41-61(42-34-56)78(59-37-29-53(30-38-59)51-15-5-3-6-16-51)63-45-47-66-58(49-63)28-27-55-19-9-10-20-65(55)66/h3-50H,1-2H3. The first-order valence-corrected chi connectivity index (χ1v) is 27.6. The van der Waals surface area contributed by atoms with E-state index in [9.17, 15) is 0 Å². The van der Waals surface area contributed by atoms with Crippen molar-refractivity contribution in [2.75, 3.05) is 9.80 Å². The van der Waals surface area contributed by atoms with Crippen LogP contribution in [0.5, 0.6) is 0 Å². The van der Waals surface area contributed by atoms with Gasteiger partial charge in [0.1, 0.15) is 11.2 Å². The smallest absolute Gasteiger partial charge is 0.143 e. The maximum atomic E-state index is 7.09. The molecule has 0 amide bonds. The summed E-state index contributed by atoms with van der Waals surface area (Å²) < 4.78 is 7.09. The molecule has 0 N–H and O–H groups in total. The van der Waals surface area contributed by atoms with Crippen molar-refractivity contribution in [3.63, 3.8) is 0 Å². The van der Waals surface area contributed by atoms with E-state index in [1.807, 2.05) is 0 Å². The Balaban J connectivity index is 0.782. The second kappa shape index (κ2) is 19.1. The van der Waals surface area contributed by atoms with Gasteiger partial charge >= 0.3 is 0 Å². The van der Waals surface area contributed by atoms with Crippen LogP contribution in [-0.4, -0.2) is 0 Å². The Morgan fingerprint density at radius 1 is 0.250 bits per heavy atom. The van der Waals surface area contributed by atoms with Gasteiger partial charge in [-0.05, 0) is 150 Å². The van der Waals surface area contributed by atoms with Crippen molar-refractivity contribution in [3.05, 3.63) is 302 Å². The van der Waals surface area contributed by atoms with Crippen LogP contribution in [0.4, 0.5) is 34.1 Å². The Labute approximate surface area is 466 Å². The highest BCUT2D eigenvalue weighted by molar-refractivity contribution is 6.13. The molecule has 378 valence electrons. The zero-order valence-corrected chi connectivity index (χ0v) is 44.5. The average Bonchev–Trinajstić information content (AvgIpc) is 4.09. The number of furan rings is 1. The number of para-hydroxylation sites is 2.